The van der Waals surface area contributed by atoms with Crippen LogP contribution in [-0.4, -0.2) is 23.2 Å². The van der Waals surface area contributed by atoms with Crippen LogP contribution in [-0.2, 0) is 6.42 Å². The number of hydrogen-bond acceptors (Lipinski definition) is 5. The highest BCUT2D eigenvalue weighted by molar-refractivity contribution is 6.03. The maximum atomic E-state index is 12.5. The van der Waals surface area contributed by atoms with Crippen LogP contribution in [0.4, 0.5) is 17.2 Å². The molecule has 0 aliphatic rings. The number of nitrogens with zero attached hydrogens (tertiary/aromatic N) is 2. The van der Waals surface area contributed by atoms with Crippen molar-refractivity contribution in [3.63, 3.8) is 0 Å². The Hall–Kier alpha value is -3.41. The first-order chi connectivity index (χ1) is 13.1. The van der Waals surface area contributed by atoms with Crippen LogP contribution in [0.25, 0.3) is 0 Å². The molecule has 0 atom stereocenters. The van der Waals surface area contributed by atoms with Gasteiger partial charge in [-0.25, -0.2) is 0 Å². The molecule has 0 radical (unpaired) electrons. The summed E-state index contributed by atoms with van der Waals surface area (Å²) in [7, 11) is 1.56. The second-order valence-corrected chi connectivity index (χ2v) is 6.10. The van der Waals surface area contributed by atoms with Crippen LogP contribution in [0.1, 0.15) is 28.5 Å². The van der Waals surface area contributed by atoms with Gasteiger partial charge >= 0.3 is 0 Å². The number of anilines is 3. The molecular formula is C21H22N4O2. The molecule has 1 aromatic heterocycles. The summed E-state index contributed by atoms with van der Waals surface area (Å²) in [6.45, 7) is 4.04. The number of nitrogens with one attached hydrogen (secondary N) is 2. The number of aromatic nitrogens is 2. The third kappa shape index (κ3) is 4.41. The minimum atomic E-state index is -0.341. The summed E-state index contributed by atoms with van der Waals surface area (Å²) < 4.78 is 5.28. The molecule has 0 saturated heterocycles. The molecular weight excluding hydrogens is 340 g/mol. The van der Waals surface area contributed by atoms with Gasteiger partial charge in [0.15, 0.2) is 11.5 Å². The monoisotopic (exact) mass is 362 g/mol. The van der Waals surface area contributed by atoms with Gasteiger partial charge in [-0.15, -0.1) is 10.2 Å². The van der Waals surface area contributed by atoms with E-state index < -0.39 is 0 Å². The van der Waals surface area contributed by atoms with Crippen LogP contribution in [0.15, 0.2) is 54.6 Å². The summed E-state index contributed by atoms with van der Waals surface area (Å²) in [5.41, 5.74) is 4.02. The maximum Gasteiger partial charge on any atom is 0.276 e. The predicted octanol–water partition coefficient (Wildman–Crippen LogP) is 4.35. The molecule has 27 heavy (non-hydrogen) atoms. The van der Waals surface area contributed by atoms with Gasteiger partial charge in [0, 0.05) is 5.69 Å². The zero-order valence-electron chi connectivity index (χ0n) is 15.6. The zero-order chi connectivity index (χ0) is 19.2. The van der Waals surface area contributed by atoms with Gasteiger partial charge in [0.05, 0.1) is 12.8 Å². The van der Waals surface area contributed by atoms with Gasteiger partial charge in [0.1, 0.15) is 5.75 Å². The second-order valence-electron chi connectivity index (χ2n) is 6.10. The number of para-hydroxylation sites is 1. The van der Waals surface area contributed by atoms with Gasteiger partial charge in [-0.1, -0.05) is 31.2 Å². The molecule has 0 fully saturated rings. The molecule has 2 aromatic carbocycles. The molecule has 1 heterocycles. The van der Waals surface area contributed by atoms with Crippen molar-refractivity contribution in [2.24, 2.45) is 0 Å². The summed E-state index contributed by atoms with van der Waals surface area (Å²) in [6, 6.07) is 17.0. The predicted molar refractivity (Wildman–Crippen MR) is 107 cm³/mol. The van der Waals surface area contributed by atoms with Crippen LogP contribution >= 0.6 is 0 Å². The zero-order valence-corrected chi connectivity index (χ0v) is 15.6. The summed E-state index contributed by atoms with van der Waals surface area (Å²) in [5.74, 6) is 0.837. The molecule has 0 aliphatic carbocycles. The van der Waals surface area contributed by atoms with E-state index in [2.05, 4.69) is 33.8 Å². The van der Waals surface area contributed by atoms with Crippen LogP contribution in [0.2, 0.25) is 0 Å². The first-order valence-corrected chi connectivity index (χ1v) is 8.75. The van der Waals surface area contributed by atoms with E-state index in [1.165, 1.54) is 5.56 Å². The first-order valence-electron chi connectivity index (χ1n) is 8.75. The van der Waals surface area contributed by atoms with Crippen molar-refractivity contribution in [2.75, 3.05) is 17.7 Å². The lowest BCUT2D eigenvalue weighted by atomic mass is 10.1. The molecule has 6 nitrogen and oxygen atoms in total. The normalized spacial score (nSPS) is 10.3. The van der Waals surface area contributed by atoms with E-state index in [-0.39, 0.29) is 11.6 Å². The van der Waals surface area contributed by atoms with Gasteiger partial charge < -0.3 is 15.4 Å². The number of carbonyl (C=O) groups is 1. The number of benzene rings is 2. The summed E-state index contributed by atoms with van der Waals surface area (Å²) >= 11 is 0. The third-order valence-corrected chi connectivity index (χ3v) is 4.16. The highest BCUT2D eigenvalue weighted by Crippen LogP contribution is 2.25. The molecule has 0 aliphatic heterocycles. The maximum absolute atomic E-state index is 12.5. The van der Waals surface area contributed by atoms with Crippen molar-refractivity contribution in [1.29, 1.82) is 0 Å². The average molecular weight is 362 g/mol. The Morgan fingerprint density at radius 1 is 1.04 bits per heavy atom. The Balaban J connectivity index is 1.73. The minimum absolute atomic E-state index is 0.230. The minimum Gasteiger partial charge on any atom is -0.495 e. The Morgan fingerprint density at radius 3 is 2.56 bits per heavy atom. The molecule has 3 aromatic rings. The first kappa shape index (κ1) is 18.4. The van der Waals surface area contributed by atoms with Gasteiger partial charge in [-0.2, -0.15) is 0 Å². The molecule has 1 amide bonds. The molecule has 0 bridgehead atoms. The summed E-state index contributed by atoms with van der Waals surface area (Å²) in [5, 5.41) is 14.2. The number of amides is 1. The smallest absolute Gasteiger partial charge is 0.276 e. The molecule has 0 spiro atoms. The van der Waals surface area contributed by atoms with Crippen molar-refractivity contribution in [1.82, 2.24) is 10.2 Å². The lowest BCUT2D eigenvalue weighted by molar-refractivity contribution is 0.102. The highest BCUT2D eigenvalue weighted by atomic mass is 16.5. The highest BCUT2D eigenvalue weighted by Gasteiger charge is 2.12. The molecule has 138 valence electrons. The van der Waals surface area contributed by atoms with E-state index in [9.17, 15) is 4.79 Å². The molecule has 2 N–H and O–H groups in total. The van der Waals surface area contributed by atoms with E-state index >= 15 is 0 Å². The van der Waals surface area contributed by atoms with Crippen molar-refractivity contribution in [3.8, 4) is 5.75 Å². The van der Waals surface area contributed by atoms with Gasteiger partial charge in [0.25, 0.3) is 5.91 Å². The van der Waals surface area contributed by atoms with Crippen molar-refractivity contribution < 1.29 is 9.53 Å². The number of ether oxygens (including phenoxy) is 1. The van der Waals surface area contributed by atoms with Crippen molar-refractivity contribution in [2.45, 2.75) is 20.3 Å². The number of hydrogen-bond donors (Lipinski definition) is 2. The topological polar surface area (TPSA) is 76.1 Å². The molecule has 6 heteroatoms. The number of carbonyl (C=O) groups excluding carboxylic acids is 1. The Morgan fingerprint density at radius 2 is 1.85 bits per heavy atom. The number of rotatable bonds is 6. The lowest BCUT2D eigenvalue weighted by Crippen LogP contribution is -2.15. The molecule has 0 saturated carbocycles. The van der Waals surface area contributed by atoms with Gasteiger partial charge in [0.2, 0.25) is 0 Å². The fraction of sp³-hybridized carbons (Fsp3) is 0.190. The fourth-order valence-electron chi connectivity index (χ4n) is 2.71. The van der Waals surface area contributed by atoms with Gasteiger partial charge in [-0.05, 0) is 54.8 Å². The number of methoxy groups -OCH3 is 1. The standard InChI is InChI=1S/C21H22N4O2/c1-4-15-7-5-6-8-16(15)22-20-12-10-17(24-25-20)21(26)23-18-13-14(2)9-11-19(18)27-3/h5-13H,4H2,1-3H3,(H,22,25)(H,23,26). The average Bonchev–Trinajstić information content (AvgIpc) is 2.69. The Labute approximate surface area is 158 Å². The van der Waals surface area contributed by atoms with Crippen LogP contribution < -0.4 is 15.4 Å². The lowest BCUT2D eigenvalue weighted by Gasteiger charge is -2.11. The van der Waals surface area contributed by atoms with E-state index in [0.29, 0.717) is 17.3 Å². The second kappa shape index (κ2) is 8.31. The molecule has 0 unspecified atom stereocenters. The van der Waals surface area contributed by atoms with E-state index in [0.717, 1.165) is 17.7 Å². The van der Waals surface area contributed by atoms with E-state index in [1.54, 1.807) is 19.2 Å². The van der Waals surface area contributed by atoms with E-state index in [4.69, 9.17) is 4.74 Å². The van der Waals surface area contributed by atoms with Gasteiger partial charge in [-0.3, -0.25) is 4.79 Å². The van der Waals surface area contributed by atoms with Crippen molar-refractivity contribution in [3.05, 3.63) is 71.4 Å². The van der Waals surface area contributed by atoms with E-state index in [1.807, 2.05) is 43.3 Å². The van der Waals surface area contributed by atoms with Crippen LogP contribution in [0.3, 0.4) is 0 Å². The van der Waals surface area contributed by atoms with Crippen molar-refractivity contribution >= 4 is 23.1 Å². The molecule has 3 rings (SSSR count). The Kier molecular flexibility index (Phi) is 5.66. The van der Waals surface area contributed by atoms with Crippen LogP contribution in [0.5, 0.6) is 5.75 Å². The number of aryl methyl sites for hydroxylation is 2. The SMILES string of the molecule is CCc1ccccc1Nc1ccc(C(=O)Nc2cc(C)ccc2OC)nn1. The quantitative estimate of drug-likeness (QED) is 0.682. The Bertz CT molecular complexity index is 939. The fourth-order valence-corrected chi connectivity index (χ4v) is 2.71. The summed E-state index contributed by atoms with van der Waals surface area (Å²) in [4.78, 5) is 12.5. The third-order valence-electron chi connectivity index (χ3n) is 4.16. The largest absolute Gasteiger partial charge is 0.495 e. The summed E-state index contributed by atoms with van der Waals surface area (Å²) in [6.07, 6.45) is 0.912. The van der Waals surface area contributed by atoms with Crippen LogP contribution in [0, 0.1) is 6.92 Å².